The number of thiophene rings is 1. The SMILES string of the molecule is COc1ccc(C(=O)NCCNC(=O)c2cc3c(-c4ccccc4)nn(-c4ccc(Cl)c(Cl)c4)c3s2)cc1. The van der Waals surface area contributed by atoms with Crippen LogP contribution in [0.4, 0.5) is 0 Å². The summed E-state index contributed by atoms with van der Waals surface area (Å²) >= 11 is 13.7. The van der Waals surface area contributed by atoms with Crippen molar-refractivity contribution in [3.63, 3.8) is 0 Å². The van der Waals surface area contributed by atoms with Gasteiger partial charge >= 0.3 is 0 Å². The van der Waals surface area contributed by atoms with Crippen LogP contribution in [0.3, 0.4) is 0 Å². The maximum Gasteiger partial charge on any atom is 0.261 e. The highest BCUT2D eigenvalue weighted by atomic mass is 35.5. The highest BCUT2D eigenvalue weighted by molar-refractivity contribution is 7.20. The Balaban J connectivity index is 1.34. The molecule has 5 rings (SSSR count). The molecule has 38 heavy (non-hydrogen) atoms. The monoisotopic (exact) mass is 564 g/mol. The van der Waals surface area contributed by atoms with Crippen molar-refractivity contribution < 1.29 is 14.3 Å². The van der Waals surface area contributed by atoms with E-state index in [2.05, 4.69) is 10.6 Å². The zero-order chi connectivity index (χ0) is 26.6. The van der Waals surface area contributed by atoms with E-state index in [-0.39, 0.29) is 24.9 Å². The molecule has 0 aliphatic rings. The molecule has 0 aliphatic heterocycles. The molecule has 5 aromatic rings. The van der Waals surface area contributed by atoms with Crippen LogP contribution in [-0.4, -0.2) is 41.8 Å². The summed E-state index contributed by atoms with van der Waals surface area (Å²) in [4.78, 5) is 26.7. The Hall–Kier alpha value is -3.85. The molecule has 192 valence electrons. The number of hydrogen-bond acceptors (Lipinski definition) is 5. The first-order valence-electron chi connectivity index (χ1n) is 11.7. The van der Waals surface area contributed by atoms with Gasteiger partial charge in [0.05, 0.1) is 27.7 Å². The Bertz CT molecular complexity index is 1610. The summed E-state index contributed by atoms with van der Waals surface area (Å²) < 4.78 is 6.89. The zero-order valence-electron chi connectivity index (χ0n) is 20.2. The number of benzene rings is 3. The van der Waals surface area contributed by atoms with Crippen molar-refractivity contribution in [1.29, 1.82) is 0 Å². The lowest BCUT2D eigenvalue weighted by Crippen LogP contribution is -2.34. The second-order valence-electron chi connectivity index (χ2n) is 8.29. The van der Waals surface area contributed by atoms with Gasteiger partial charge in [-0.3, -0.25) is 9.59 Å². The number of methoxy groups -OCH3 is 1. The first-order valence-corrected chi connectivity index (χ1v) is 13.3. The van der Waals surface area contributed by atoms with Gasteiger partial charge < -0.3 is 15.4 Å². The van der Waals surface area contributed by atoms with Gasteiger partial charge in [-0.1, -0.05) is 53.5 Å². The topological polar surface area (TPSA) is 85.2 Å². The van der Waals surface area contributed by atoms with E-state index in [9.17, 15) is 9.59 Å². The maximum absolute atomic E-state index is 13.0. The summed E-state index contributed by atoms with van der Waals surface area (Å²) in [5.74, 6) is 0.220. The van der Waals surface area contributed by atoms with Gasteiger partial charge in [0.15, 0.2) is 0 Å². The van der Waals surface area contributed by atoms with Crippen molar-refractivity contribution in [3.8, 4) is 22.7 Å². The van der Waals surface area contributed by atoms with Gasteiger partial charge in [-0.25, -0.2) is 4.68 Å². The molecule has 0 bridgehead atoms. The van der Waals surface area contributed by atoms with Crippen molar-refractivity contribution in [3.05, 3.63) is 99.3 Å². The Morgan fingerprint density at radius 2 is 1.61 bits per heavy atom. The van der Waals surface area contributed by atoms with Crippen LogP contribution in [-0.2, 0) is 0 Å². The minimum atomic E-state index is -0.232. The van der Waals surface area contributed by atoms with Crippen LogP contribution < -0.4 is 15.4 Å². The van der Waals surface area contributed by atoms with E-state index in [4.69, 9.17) is 33.0 Å². The molecule has 2 N–H and O–H groups in total. The second kappa shape index (κ2) is 11.3. The normalized spacial score (nSPS) is 10.9. The van der Waals surface area contributed by atoms with Crippen LogP contribution in [0.25, 0.3) is 27.2 Å². The van der Waals surface area contributed by atoms with Crippen LogP contribution in [0, 0.1) is 0 Å². The third kappa shape index (κ3) is 5.38. The second-order valence-corrected chi connectivity index (χ2v) is 10.1. The van der Waals surface area contributed by atoms with E-state index in [1.165, 1.54) is 11.3 Å². The molecule has 10 heteroatoms. The Morgan fingerprint density at radius 1 is 0.895 bits per heavy atom. The zero-order valence-corrected chi connectivity index (χ0v) is 22.5. The number of halogens is 2. The molecule has 0 aliphatic carbocycles. The highest BCUT2D eigenvalue weighted by Crippen LogP contribution is 2.36. The Morgan fingerprint density at radius 3 is 2.29 bits per heavy atom. The van der Waals surface area contributed by atoms with E-state index < -0.39 is 0 Å². The minimum Gasteiger partial charge on any atom is -0.497 e. The van der Waals surface area contributed by atoms with Crippen LogP contribution in [0.15, 0.2) is 78.9 Å². The number of carbonyl (C=O) groups excluding carboxylic acids is 2. The van der Waals surface area contributed by atoms with Gasteiger partial charge in [-0.2, -0.15) is 5.10 Å². The fourth-order valence-electron chi connectivity index (χ4n) is 3.90. The van der Waals surface area contributed by atoms with Crippen molar-refractivity contribution in [2.75, 3.05) is 20.2 Å². The molecule has 0 fully saturated rings. The largest absolute Gasteiger partial charge is 0.497 e. The smallest absolute Gasteiger partial charge is 0.261 e. The van der Waals surface area contributed by atoms with Gasteiger partial charge in [0.2, 0.25) is 0 Å². The molecule has 0 saturated carbocycles. The molecule has 2 heterocycles. The van der Waals surface area contributed by atoms with Crippen LogP contribution in [0.2, 0.25) is 10.0 Å². The maximum atomic E-state index is 13.0. The summed E-state index contributed by atoms with van der Waals surface area (Å²) in [5, 5.41) is 12.2. The number of amides is 2. The number of nitrogens with one attached hydrogen (secondary N) is 2. The molecule has 2 amide bonds. The predicted octanol–water partition coefficient (Wildman–Crippen LogP) is 6.23. The average molecular weight is 565 g/mol. The number of nitrogens with zero attached hydrogens (tertiary/aromatic N) is 2. The summed E-state index contributed by atoms with van der Waals surface area (Å²) in [6, 6.07) is 23.7. The molecule has 7 nitrogen and oxygen atoms in total. The molecular formula is C28H22Cl2N4O3S. The molecule has 0 spiro atoms. The van der Waals surface area contributed by atoms with Crippen molar-refractivity contribution in [1.82, 2.24) is 20.4 Å². The molecule has 0 atom stereocenters. The van der Waals surface area contributed by atoms with Gasteiger partial charge in [0.1, 0.15) is 16.3 Å². The molecule has 2 aromatic heterocycles. The predicted molar refractivity (Wildman–Crippen MR) is 152 cm³/mol. The lowest BCUT2D eigenvalue weighted by Gasteiger charge is -2.07. The summed E-state index contributed by atoms with van der Waals surface area (Å²) in [7, 11) is 1.57. The van der Waals surface area contributed by atoms with Crippen LogP contribution in [0.1, 0.15) is 20.0 Å². The molecule has 3 aromatic carbocycles. The van der Waals surface area contributed by atoms with Crippen molar-refractivity contribution in [2.45, 2.75) is 0 Å². The van der Waals surface area contributed by atoms with E-state index in [0.717, 1.165) is 27.2 Å². The van der Waals surface area contributed by atoms with E-state index >= 15 is 0 Å². The van der Waals surface area contributed by atoms with Gasteiger partial charge in [0, 0.05) is 29.6 Å². The van der Waals surface area contributed by atoms with E-state index in [1.807, 2.05) is 42.5 Å². The highest BCUT2D eigenvalue weighted by Gasteiger charge is 2.20. The number of ether oxygens (including phenoxy) is 1. The van der Waals surface area contributed by atoms with Gasteiger partial charge in [0.25, 0.3) is 11.8 Å². The van der Waals surface area contributed by atoms with Crippen LogP contribution in [0.5, 0.6) is 5.75 Å². The number of aromatic nitrogens is 2. The third-order valence-corrected chi connectivity index (χ3v) is 7.68. The molecular weight excluding hydrogens is 543 g/mol. The number of hydrogen-bond donors (Lipinski definition) is 2. The van der Waals surface area contributed by atoms with E-state index in [1.54, 1.807) is 48.2 Å². The number of fused-ring (bicyclic) bond motifs is 1. The summed E-state index contributed by atoms with van der Waals surface area (Å²) in [6.07, 6.45) is 0. The molecule has 0 radical (unpaired) electrons. The average Bonchev–Trinajstić information content (AvgIpc) is 3.53. The minimum absolute atomic E-state index is 0.224. The van der Waals surface area contributed by atoms with Crippen molar-refractivity contribution >= 4 is 56.6 Å². The Labute approximate surface area is 232 Å². The first-order chi connectivity index (χ1) is 18.4. The first kappa shape index (κ1) is 25.8. The van der Waals surface area contributed by atoms with Crippen molar-refractivity contribution in [2.24, 2.45) is 0 Å². The Kier molecular flexibility index (Phi) is 7.64. The standard InChI is InChI=1S/C28H22Cl2N4O3S/c1-37-20-10-7-18(8-11-20)26(35)31-13-14-32-27(36)24-16-21-25(17-5-3-2-4-6-17)33-34(28(21)38-24)19-9-12-22(29)23(30)15-19/h2-12,15-16H,13-14H2,1H3,(H,31,35)(H,32,36). The molecule has 0 unspecified atom stereocenters. The fourth-order valence-corrected chi connectivity index (χ4v) is 5.24. The molecule has 0 saturated heterocycles. The quantitative estimate of drug-likeness (QED) is 0.219. The summed E-state index contributed by atoms with van der Waals surface area (Å²) in [6.45, 7) is 0.563. The lowest BCUT2D eigenvalue weighted by atomic mass is 10.1. The fraction of sp³-hybridized carbons (Fsp3) is 0.107. The number of rotatable bonds is 8. The summed E-state index contributed by atoms with van der Waals surface area (Å²) in [5.41, 5.74) is 2.94. The number of carbonyl (C=O) groups is 2. The van der Waals surface area contributed by atoms with E-state index in [0.29, 0.717) is 26.2 Å². The van der Waals surface area contributed by atoms with Gasteiger partial charge in [-0.15, -0.1) is 11.3 Å². The van der Waals surface area contributed by atoms with Crippen LogP contribution >= 0.6 is 34.5 Å². The third-order valence-electron chi connectivity index (χ3n) is 5.83. The lowest BCUT2D eigenvalue weighted by molar-refractivity contribution is 0.0929. The van der Waals surface area contributed by atoms with Gasteiger partial charge in [-0.05, 0) is 48.5 Å².